The van der Waals surface area contributed by atoms with Crippen molar-refractivity contribution in [1.29, 1.82) is 0 Å². The van der Waals surface area contributed by atoms with E-state index >= 15 is 0 Å². The van der Waals surface area contributed by atoms with Gasteiger partial charge in [-0.1, -0.05) is 0 Å². The van der Waals surface area contributed by atoms with Gasteiger partial charge in [-0.2, -0.15) is 0 Å². The maximum Gasteiger partial charge on any atom is 0.163 e. The number of rotatable bonds is 5. The van der Waals surface area contributed by atoms with Gasteiger partial charge in [-0.15, -0.1) is 0 Å². The second kappa shape index (κ2) is 7.05. The molecule has 0 aliphatic carbocycles. The van der Waals surface area contributed by atoms with Gasteiger partial charge < -0.3 is 22.1 Å². The third kappa shape index (κ3) is 9.38. The molecule has 12 heavy (non-hydrogen) atoms. The summed E-state index contributed by atoms with van der Waals surface area (Å²) in [6, 6.07) is 0. The van der Waals surface area contributed by atoms with E-state index < -0.39 is 0 Å². The third-order valence-electron chi connectivity index (χ3n) is 1.20. The molecule has 0 spiro atoms. The average molecular weight is 206 g/mol. The number of hydrogen-bond donors (Lipinski definition) is 4. The maximum atomic E-state index is 5.22. The van der Waals surface area contributed by atoms with Crippen molar-refractivity contribution in [2.45, 2.75) is 12.8 Å². The summed E-state index contributed by atoms with van der Waals surface area (Å²) in [6.07, 6.45) is 1.99. The zero-order valence-electron chi connectivity index (χ0n) is 6.80. The van der Waals surface area contributed by atoms with Gasteiger partial charge in [0.05, 0.1) is 0 Å². The topological polar surface area (TPSA) is 76.1 Å². The first kappa shape index (κ1) is 11.4. The van der Waals surface area contributed by atoms with Crippen molar-refractivity contribution in [3.63, 3.8) is 0 Å². The largest absolute Gasteiger partial charge is 0.376 e. The molecule has 0 amide bonds. The van der Waals surface area contributed by atoms with Crippen molar-refractivity contribution in [2.24, 2.45) is 11.5 Å². The molecule has 0 rings (SSSR count). The molecule has 0 aromatic carbocycles. The van der Waals surface area contributed by atoms with Crippen LogP contribution in [0, 0.1) is 0 Å². The molecule has 4 nitrogen and oxygen atoms in total. The molecule has 0 aromatic heterocycles. The lowest BCUT2D eigenvalue weighted by Crippen LogP contribution is -2.32. The summed E-state index contributed by atoms with van der Waals surface area (Å²) in [5, 5.41) is 6.39. The summed E-state index contributed by atoms with van der Waals surface area (Å²) in [7, 11) is 0. The van der Waals surface area contributed by atoms with E-state index in [1.54, 1.807) is 0 Å². The van der Waals surface area contributed by atoms with E-state index in [0.29, 0.717) is 10.2 Å². The molecule has 0 aliphatic heterocycles. The molecule has 0 fully saturated rings. The Morgan fingerprint density at radius 3 is 1.50 bits per heavy atom. The fourth-order valence-corrected chi connectivity index (χ4v) is 0.877. The number of thiocarbonyl (C=S) groups is 2. The second-order valence-corrected chi connectivity index (χ2v) is 3.17. The summed E-state index contributed by atoms with van der Waals surface area (Å²) in [5.41, 5.74) is 10.4. The van der Waals surface area contributed by atoms with Crippen LogP contribution in [0.25, 0.3) is 0 Å². The number of nitrogens with one attached hydrogen (secondary N) is 2. The van der Waals surface area contributed by atoms with E-state index in [4.69, 9.17) is 11.5 Å². The van der Waals surface area contributed by atoms with Crippen LogP contribution in [0.3, 0.4) is 0 Å². The van der Waals surface area contributed by atoms with Crippen LogP contribution in [0.4, 0.5) is 0 Å². The standard InChI is InChI=1S/C6H14N4S2/c7-5(11)9-3-1-2-4-10-6(8)12/h1-4H2,(H3,7,9,11)(H3,8,10,12). The monoisotopic (exact) mass is 206 g/mol. The highest BCUT2D eigenvalue weighted by atomic mass is 32.1. The highest BCUT2D eigenvalue weighted by molar-refractivity contribution is 7.80. The van der Waals surface area contributed by atoms with Crippen molar-refractivity contribution in [3.8, 4) is 0 Å². The Bertz CT molecular complexity index is 142. The summed E-state index contributed by atoms with van der Waals surface area (Å²) in [5.74, 6) is 0. The summed E-state index contributed by atoms with van der Waals surface area (Å²) in [6.45, 7) is 1.60. The van der Waals surface area contributed by atoms with Gasteiger partial charge in [0.1, 0.15) is 0 Å². The summed E-state index contributed by atoms with van der Waals surface area (Å²) < 4.78 is 0. The minimum atomic E-state index is 0.345. The van der Waals surface area contributed by atoms with Crippen LogP contribution in [-0.4, -0.2) is 23.3 Å². The van der Waals surface area contributed by atoms with Gasteiger partial charge in [-0.05, 0) is 37.3 Å². The zero-order chi connectivity index (χ0) is 9.40. The van der Waals surface area contributed by atoms with Crippen LogP contribution in [0.1, 0.15) is 12.8 Å². The fraction of sp³-hybridized carbons (Fsp3) is 0.667. The Balaban J connectivity index is 3.01. The van der Waals surface area contributed by atoms with E-state index in [1.165, 1.54) is 0 Å². The first-order valence-corrected chi connectivity index (χ1v) is 4.51. The van der Waals surface area contributed by atoms with Crippen LogP contribution < -0.4 is 22.1 Å². The summed E-state index contributed by atoms with van der Waals surface area (Å²) in [4.78, 5) is 0. The molecular weight excluding hydrogens is 192 g/mol. The second-order valence-electron chi connectivity index (χ2n) is 2.29. The Morgan fingerprint density at radius 2 is 1.25 bits per heavy atom. The zero-order valence-corrected chi connectivity index (χ0v) is 8.43. The van der Waals surface area contributed by atoms with Crippen molar-refractivity contribution < 1.29 is 0 Å². The highest BCUT2D eigenvalue weighted by Crippen LogP contribution is 1.83. The first-order valence-electron chi connectivity index (χ1n) is 3.69. The molecule has 0 bridgehead atoms. The molecule has 6 N–H and O–H groups in total. The van der Waals surface area contributed by atoms with Crippen LogP contribution in [-0.2, 0) is 0 Å². The Labute approximate surface area is 83.1 Å². The number of unbranched alkanes of at least 4 members (excludes halogenated alkanes) is 1. The molecule has 0 radical (unpaired) electrons. The minimum absolute atomic E-state index is 0.345. The van der Waals surface area contributed by atoms with E-state index in [0.717, 1.165) is 25.9 Å². The lowest BCUT2D eigenvalue weighted by molar-refractivity contribution is 0.692. The van der Waals surface area contributed by atoms with E-state index in [-0.39, 0.29) is 0 Å². The van der Waals surface area contributed by atoms with Crippen LogP contribution in [0.2, 0.25) is 0 Å². The smallest absolute Gasteiger partial charge is 0.163 e. The quantitative estimate of drug-likeness (QED) is 0.357. The molecule has 0 unspecified atom stereocenters. The van der Waals surface area contributed by atoms with E-state index in [2.05, 4.69) is 35.1 Å². The van der Waals surface area contributed by atoms with Crippen LogP contribution >= 0.6 is 24.4 Å². The third-order valence-corrected chi connectivity index (χ3v) is 1.49. The fourth-order valence-electron chi connectivity index (χ4n) is 0.673. The van der Waals surface area contributed by atoms with Gasteiger partial charge in [0.15, 0.2) is 10.2 Å². The van der Waals surface area contributed by atoms with Crippen molar-refractivity contribution in [3.05, 3.63) is 0 Å². The van der Waals surface area contributed by atoms with Gasteiger partial charge in [0.2, 0.25) is 0 Å². The molecule has 0 atom stereocenters. The van der Waals surface area contributed by atoms with Crippen molar-refractivity contribution >= 4 is 34.7 Å². The van der Waals surface area contributed by atoms with Crippen molar-refractivity contribution in [2.75, 3.05) is 13.1 Å². The van der Waals surface area contributed by atoms with Gasteiger partial charge >= 0.3 is 0 Å². The maximum absolute atomic E-state index is 5.22. The lowest BCUT2D eigenvalue weighted by atomic mass is 10.3. The average Bonchev–Trinajstić information content (AvgIpc) is 1.95. The van der Waals surface area contributed by atoms with Gasteiger partial charge in [-0.3, -0.25) is 0 Å². The Morgan fingerprint density at radius 1 is 0.917 bits per heavy atom. The van der Waals surface area contributed by atoms with Crippen LogP contribution in [0.5, 0.6) is 0 Å². The van der Waals surface area contributed by atoms with Gasteiger partial charge in [0, 0.05) is 13.1 Å². The Kier molecular flexibility index (Phi) is 6.69. The molecular formula is C6H14N4S2. The summed E-state index contributed by atoms with van der Waals surface area (Å²) >= 11 is 9.25. The van der Waals surface area contributed by atoms with Crippen molar-refractivity contribution in [1.82, 2.24) is 10.6 Å². The van der Waals surface area contributed by atoms with E-state index in [9.17, 15) is 0 Å². The molecule has 0 aromatic rings. The number of hydrogen-bond acceptors (Lipinski definition) is 2. The molecule has 0 saturated carbocycles. The highest BCUT2D eigenvalue weighted by Gasteiger charge is 1.89. The van der Waals surface area contributed by atoms with Gasteiger partial charge in [0.25, 0.3) is 0 Å². The van der Waals surface area contributed by atoms with E-state index in [1.807, 2.05) is 0 Å². The van der Waals surface area contributed by atoms with Gasteiger partial charge in [-0.25, -0.2) is 0 Å². The lowest BCUT2D eigenvalue weighted by Gasteiger charge is -2.04. The minimum Gasteiger partial charge on any atom is -0.376 e. The van der Waals surface area contributed by atoms with Crippen LogP contribution in [0.15, 0.2) is 0 Å². The predicted octanol–water partition coefficient (Wildman–Crippen LogP) is -0.567. The molecule has 70 valence electrons. The molecule has 6 heteroatoms. The Hall–Kier alpha value is -0.620. The molecule has 0 heterocycles. The molecule has 0 aliphatic rings. The predicted molar refractivity (Wildman–Crippen MR) is 58.8 cm³/mol. The first-order chi connectivity index (χ1) is 5.63. The number of nitrogens with two attached hydrogens (primary N) is 2. The molecule has 0 saturated heterocycles. The SMILES string of the molecule is NC(=S)NCCCCNC(N)=S. The normalized spacial score (nSPS) is 9.00.